The first-order chi connectivity index (χ1) is 13.6. The first kappa shape index (κ1) is 22.1. The van der Waals surface area contributed by atoms with Crippen LogP contribution in [0.5, 0.6) is 0 Å². The van der Waals surface area contributed by atoms with Crippen LogP contribution in [0.1, 0.15) is 41.3 Å². The lowest BCUT2D eigenvalue weighted by atomic mass is 9.99. The van der Waals surface area contributed by atoms with Crippen LogP contribution >= 0.6 is 0 Å². The summed E-state index contributed by atoms with van der Waals surface area (Å²) in [5.41, 5.74) is 1.63. The monoisotopic (exact) mass is 407 g/mol. The molecule has 8 heteroatoms. The lowest BCUT2D eigenvalue weighted by Crippen LogP contribution is -2.30. The van der Waals surface area contributed by atoms with Gasteiger partial charge in [0.05, 0.1) is 12.1 Å². The van der Waals surface area contributed by atoms with E-state index < -0.39 is 41.1 Å². The van der Waals surface area contributed by atoms with E-state index in [1.165, 1.54) is 6.92 Å². The molecule has 154 valence electrons. The SMILES string of the molecule is Cc1ccc(C)c(C(=O)CCC(=O)O[C@@H](C)C(=O)Nc2ccc(F)c(F)c2F)c1. The molecule has 0 aliphatic rings. The number of anilines is 1. The molecule has 0 aliphatic heterocycles. The van der Waals surface area contributed by atoms with Crippen LogP contribution in [0, 0.1) is 31.3 Å². The number of ketones is 1. The van der Waals surface area contributed by atoms with Gasteiger partial charge in [-0.1, -0.05) is 17.7 Å². The predicted molar refractivity (Wildman–Crippen MR) is 100.0 cm³/mol. The van der Waals surface area contributed by atoms with Crippen molar-refractivity contribution in [1.82, 2.24) is 0 Å². The number of aryl methyl sites for hydroxylation is 2. The van der Waals surface area contributed by atoms with Crippen molar-refractivity contribution in [2.24, 2.45) is 0 Å². The number of carbonyl (C=O) groups excluding carboxylic acids is 3. The van der Waals surface area contributed by atoms with E-state index in [1.807, 2.05) is 24.4 Å². The Bertz CT molecular complexity index is 959. The highest BCUT2D eigenvalue weighted by Crippen LogP contribution is 2.20. The summed E-state index contributed by atoms with van der Waals surface area (Å²) < 4.78 is 44.7. The van der Waals surface area contributed by atoms with Crippen molar-refractivity contribution >= 4 is 23.3 Å². The molecular weight excluding hydrogens is 387 g/mol. The smallest absolute Gasteiger partial charge is 0.307 e. The average Bonchev–Trinajstić information content (AvgIpc) is 2.68. The summed E-state index contributed by atoms with van der Waals surface area (Å²) in [6.45, 7) is 4.87. The maximum Gasteiger partial charge on any atom is 0.307 e. The number of benzene rings is 2. The summed E-state index contributed by atoms with van der Waals surface area (Å²) in [5.74, 6) is -6.63. The lowest BCUT2D eigenvalue weighted by Gasteiger charge is -2.14. The Morgan fingerprint density at radius 1 is 1.00 bits per heavy atom. The molecule has 2 aromatic rings. The van der Waals surface area contributed by atoms with Crippen LogP contribution in [-0.4, -0.2) is 23.8 Å². The Morgan fingerprint density at radius 2 is 1.69 bits per heavy atom. The van der Waals surface area contributed by atoms with Crippen molar-refractivity contribution in [3.8, 4) is 0 Å². The highest BCUT2D eigenvalue weighted by molar-refractivity contribution is 5.99. The van der Waals surface area contributed by atoms with Gasteiger partial charge < -0.3 is 10.1 Å². The number of hydrogen-bond acceptors (Lipinski definition) is 4. The van der Waals surface area contributed by atoms with Crippen molar-refractivity contribution in [3.63, 3.8) is 0 Å². The molecule has 0 unspecified atom stereocenters. The van der Waals surface area contributed by atoms with Gasteiger partial charge in [0.25, 0.3) is 5.91 Å². The van der Waals surface area contributed by atoms with Crippen molar-refractivity contribution < 1.29 is 32.3 Å². The van der Waals surface area contributed by atoms with Gasteiger partial charge >= 0.3 is 5.97 Å². The highest BCUT2D eigenvalue weighted by atomic mass is 19.2. The number of ether oxygens (including phenoxy) is 1. The molecule has 0 heterocycles. The molecule has 1 N–H and O–H groups in total. The van der Waals surface area contributed by atoms with Gasteiger partial charge in [0.15, 0.2) is 29.3 Å². The Hall–Kier alpha value is -3.16. The van der Waals surface area contributed by atoms with Crippen molar-refractivity contribution in [3.05, 3.63) is 64.5 Å². The second-order valence-corrected chi connectivity index (χ2v) is 6.59. The second-order valence-electron chi connectivity index (χ2n) is 6.59. The largest absolute Gasteiger partial charge is 0.453 e. The van der Waals surface area contributed by atoms with E-state index in [0.29, 0.717) is 11.6 Å². The number of carbonyl (C=O) groups is 3. The average molecular weight is 407 g/mol. The van der Waals surface area contributed by atoms with Crippen LogP contribution in [0.4, 0.5) is 18.9 Å². The molecule has 1 atom stereocenters. The summed E-state index contributed by atoms with van der Waals surface area (Å²) in [5, 5.41) is 2.02. The number of hydrogen-bond donors (Lipinski definition) is 1. The van der Waals surface area contributed by atoms with Crippen LogP contribution in [0.25, 0.3) is 0 Å². The second kappa shape index (κ2) is 9.36. The quantitative estimate of drug-likeness (QED) is 0.423. The number of halogens is 3. The van der Waals surface area contributed by atoms with E-state index in [9.17, 15) is 27.6 Å². The fourth-order valence-corrected chi connectivity index (χ4v) is 2.55. The summed E-state index contributed by atoms with van der Waals surface area (Å²) in [7, 11) is 0. The standard InChI is InChI=1S/C21H20F3NO4/c1-11-4-5-12(2)14(10-11)17(26)8-9-18(27)29-13(3)21(28)25-16-7-6-15(22)19(23)20(16)24/h4-7,10,13H,8-9H2,1-3H3,(H,25,28)/t13-/m0/s1. The van der Waals surface area contributed by atoms with Crippen LogP contribution in [0.3, 0.4) is 0 Å². The minimum atomic E-state index is -1.72. The van der Waals surface area contributed by atoms with Gasteiger partial charge in [-0.15, -0.1) is 0 Å². The highest BCUT2D eigenvalue weighted by Gasteiger charge is 2.22. The molecule has 2 rings (SSSR count). The molecular formula is C21H20F3NO4. The van der Waals surface area contributed by atoms with Gasteiger partial charge in [-0.05, 0) is 44.5 Å². The lowest BCUT2D eigenvalue weighted by molar-refractivity contribution is -0.153. The number of rotatable bonds is 7. The van der Waals surface area contributed by atoms with Gasteiger partial charge in [0.1, 0.15) is 0 Å². The van der Waals surface area contributed by atoms with Crippen LogP contribution in [0.2, 0.25) is 0 Å². The minimum Gasteiger partial charge on any atom is -0.453 e. The third kappa shape index (κ3) is 5.66. The predicted octanol–water partition coefficient (Wildman–Crippen LogP) is 4.25. The number of esters is 1. The topological polar surface area (TPSA) is 72.5 Å². The summed E-state index contributed by atoms with van der Waals surface area (Å²) >= 11 is 0. The molecule has 0 aromatic heterocycles. The van der Waals surface area contributed by atoms with Gasteiger partial charge in [-0.3, -0.25) is 14.4 Å². The van der Waals surface area contributed by atoms with E-state index in [2.05, 4.69) is 0 Å². The maximum absolute atomic E-state index is 13.6. The third-order valence-corrected chi connectivity index (χ3v) is 4.22. The number of Topliss-reactive ketones (excluding diaryl/α,β-unsaturated/α-hetero) is 1. The summed E-state index contributed by atoms with van der Waals surface area (Å²) in [6.07, 6.45) is -1.68. The Labute approximate surface area is 165 Å². The van der Waals surface area contributed by atoms with Crippen molar-refractivity contribution in [2.45, 2.75) is 39.7 Å². The Morgan fingerprint density at radius 3 is 2.38 bits per heavy atom. The van der Waals surface area contributed by atoms with Gasteiger partial charge in [0, 0.05) is 12.0 Å². The molecule has 2 aromatic carbocycles. The molecule has 0 bridgehead atoms. The van der Waals surface area contributed by atoms with E-state index >= 15 is 0 Å². The molecule has 1 amide bonds. The fourth-order valence-electron chi connectivity index (χ4n) is 2.55. The zero-order valence-corrected chi connectivity index (χ0v) is 16.1. The molecule has 0 spiro atoms. The fraction of sp³-hybridized carbons (Fsp3) is 0.286. The van der Waals surface area contributed by atoms with Gasteiger partial charge in [-0.2, -0.15) is 0 Å². The molecule has 0 saturated carbocycles. The normalized spacial score (nSPS) is 11.7. The maximum atomic E-state index is 13.6. The van der Waals surface area contributed by atoms with Crippen molar-refractivity contribution in [2.75, 3.05) is 5.32 Å². The van der Waals surface area contributed by atoms with Crippen molar-refractivity contribution in [1.29, 1.82) is 0 Å². The van der Waals surface area contributed by atoms with Gasteiger partial charge in [-0.25, -0.2) is 13.2 Å². The summed E-state index contributed by atoms with van der Waals surface area (Å²) in [4.78, 5) is 36.2. The van der Waals surface area contributed by atoms with Crippen LogP contribution in [-0.2, 0) is 14.3 Å². The molecule has 0 aliphatic carbocycles. The summed E-state index contributed by atoms with van der Waals surface area (Å²) in [6, 6.07) is 6.92. The number of nitrogens with one attached hydrogen (secondary N) is 1. The molecule has 0 radical (unpaired) electrons. The van der Waals surface area contributed by atoms with Gasteiger partial charge in [0.2, 0.25) is 0 Å². The minimum absolute atomic E-state index is 0.102. The number of amides is 1. The first-order valence-corrected chi connectivity index (χ1v) is 8.84. The Balaban J connectivity index is 1.90. The Kier molecular flexibility index (Phi) is 7.14. The zero-order valence-electron chi connectivity index (χ0n) is 16.1. The first-order valence-electron chi connectivity index (χ1n) is 8.84. The van der Waals surface area contributed by atoms with E-state index in [0.717, 1.165) is 17.2 Å². The molecule has 0 saturated heterocycles. The van der Waals surface area contributed by atoms with Crippen LogP contribution in [0.15, 0.2) is 30.3 Å². The van der Waals surface area contributed by atoms with E-state index in [4.69, 9.17) is 4.74 Å². The molecule has 29 heavy (non-hydrogen) atoms. The zero-order chi connectivity index (χ0) is 21.7. The molecule has 0 fully saturated rings. The van der Waals surface area contributed by atoms with E-state index in [1.54, 1.807) is 13.0 Å². The molecule has 5 nitrogen and oxygen atoms in total. The van der Waals surface area contributed by atoms with E-state index in [-0.39, 0.29) is 18.6 Å². The van der Waals surface area contributed by atoms with Crippen LogP contribution < -0.4 is 5.32 Å². The third-order valence-electron chi connectivity index (χ3n) is 4.22.